The van der Waals surface area contributed by atoms with Gasteiger partial charge in [-0.2, -0.15) is 5.10 Å². The largest absolute Gasteiger partial charge is 0.267 e. The second-order valence-electron chi connectivity index (χ2n) is 3.23. The summed E-state index contributed by atoms with van der Waals surface area (Å²) in [4.78, 5) is 0. The number of benzene rings is 1. The van der Waals surface area contributed by atoms with Crippen molar-refractivity contribution in [2.24, 2.45) is 7.05 Å². The van der Waals surface area contributed by atoms with Crippen molar-refractivity contribution < 1.29 is 0 Å². The lowest BCUT2D eigenvalue weighted by Gasteiger charge is -1.95. The Bertz CT molecular complexity index is 485. The highest BCUT2D eigenvalue weighted by Crippen LogP contribution is 2.23. The third-order valence-electron chi connectivity index (χ3n) is 2.25. The molecule has 14 heavy (non-hydrogen) atoms. The average Bonchev–Trinajstić information content (AvgIpc) is 2.56. The lowest BCUT2D eigenvalue weighted by atomic mass is 10.1. The molecular formula is C11H11BrN2. The predicted molar refractivity (Wildman–Crippen MR) is 63.5 cm³/mol. The molecule has 2 rings (SSSR count). The van der Waals surface area contributed by atoms with E-state index in [2.05, 4.69) is 39.7 Å². The first-order chi connectivity index (χ1) is 6.74. The highest BCUT2D eigenvalue weighted by molar-refractivity contribution is 9.09. The van der Waals surface area contributed by atoms with E-state index in [9.17, 15) is 0 Å². The van der Waals surface area contributed by atoms with Crippen LogP contribution in [0.4, 0.5) is 0 Å². The van der Waals surface area contributed by atoms with Gasteiger partial charge in [0.25, 0.3) is 0 Å². The van der Waals surface area contributed by atoms with Crippen LogP contribution in [-0.2, 0) is 7.05 Å². The molecular weight excluding hydrogens is 240 g/mol. The number of halogens is 1. The van der Waals surface area contributed by atoms with E-state index >= 15 is 0 Å². The van der Waals surface area contributed by atoms with Gasteiger partial charge in [-0.05, 0) is 11.6 Å². The van der Waals surface area contributed by atoms with Gasteiger partial charge in [-0.3, -0.25) is 4.68 Å². The van der Waals surface area contributed by atoms with E-state index in [0.29, 0.717) is 0 Å². The van der Waals surface area contributed by atoms with E-state index < -0.39 is 0 Å². The Morgan fingerprint density at radius 3 is 2.93 bits per heavy atom. The van der Waals surface area contributed by atoms with Gasteiger partial charge in [-0.15, -0.1) is 0 Å². The summed E-state index contributed by atoms with van der Waals surface area (Å²) in [6.07, 6.45) is 0. The van der Waals surface area contributed by atoms with E-state index in [1.54, 1.807) is 0 Å². The average molecular weight is 251 g/mol. The summed E-state index contributed by atoms with van der Waals surface area (Å²) in [7, 11) is 1.95. The Morgan fingerprint density at radius 2 is 2.21 bits per heavy atom. The maximum atomic E-state index is 4.45. The Balaban J connectivity index is 2.72. The molecule has 1 aromatic carbocycles. The number of hydrogen-bond acceptors (Lipinski definition) is 1. The molecule has 0 aliphatic rings. The first-order valence-electron chi connectivity index (χ1n) is 4.40. The van der Waals surface area contributed by atoms with Gasteiger partial charge in [0.1, 0.15) is 0 Å². The molecule has 3 heteroatoms. The molecule has 0 radical (unpaired) electrons. The number of aryl methyl sites for hydroxylation is 1. The van der Waals surface area contributed by atoms with Gasteiger partial charge in [-0.1, -0.05) is 40.7 Å². The van der Waals surface area contributed by atoms with Gasteiger partial charge in [-0.25, -0.2) is 0 Å². The fourth-order valence-electron chi connectivity index (χ4n) is 1.54. The number of para-hydroxylation sites is 1. The molecule has 0 bridgehead atoms. The van der Waals surface area contributed by atoms with Crippen molar-refractivity contribution in [3.05, 3.63) is 36.5 Å². The van der Waals surface area contributed by atoms with Crippen LogP contribution in [0.1, 0.15) is 5.69 Å². The van der Waals surface area contributed by atoms with E-state index in [4.69, 9.17) is 0 Å². The molecule has 0 aliphatic heterocycles. The van der Waals surface area contributed by atoms with Crippen LogP contribution in [-0.4, -0.2) is 15.1 Å². The lowest BCUT2D eigenvalue weighted by molar-refractivity contribution is 0.791. The third-order valence-corrected chi connectivity index (χ3v) is 2.93. The molecule has 1 aromatic heterocycles. The van der Waals surface area contributed by atoms with Crippen LogP contribution in [0.2, 0.25) is 0 Å². The predicted octanol–water partition coefficient (Wildman–Crippen LogP) is 2.98. The Kier molecular flexibility index (Phi) is 2.42. The molecule has 0 aliphatic carbocycles. The highest BCUT2D eigenvalue weighted by Gasteiger charge is 2.09. The number of nitrogens with zero attached hydrogens (tertiary/aromatic N) is 2. The van der Waals surface area contributed by atoms with Crippen LogP contribution in [0.15, 0.2) is 30.8 Å². The Morgan fingerprint density at radius 1 is 1.50 bits per heavy atom. The van der Waals surface area contributed by atoms with Gasteiger partial charge in [0.15, 0.2) is 0 Å². The Hall–Kier alpha value is -1.09. The van der Waals surface area contributed by atoms with Crippen LogP contribution < -0.4 is 0 Å². The zero-order valence-electron chi connectivity index (χ0n) is 8.00. The van der Waals surface area contributed by atoms with E-state index in [1.807, 2.05) is 23.9 Å². The molecule has 72 valence electrons. The molecule has 0 saturated heterocycles. The van der Waals surface area contributed by atoms with Gasteiger partial charge in [0.2, 0.25) is 0 Å². The van der Waals surface area contributed by atoms with Crippen molar-refractivity contribution in [2.75, 3.05) is 5.33 Å². The van der Waals surface area contributed by atoms with Crippen LogP contribution in [0.5, 0.6) is 0 Å². The minimum absolute atomic E-state index is 0.758. The smallest absolute Gasteiger partial charge is 0.0964 e. The second kappa shape index (κ2) is 3.58. The molecule has 0 spiro atoms. The van der Waals surface area contributed by atoms with Crippen LogP contribution >= 0.6 is 15.9 Å². The summed E-state index contributed by atoms with van der Waals surface area (Å²) in [5.41, 5.74) is 3.14. The van der Waals surface area contributed by atoms with Crippen molar-refractivity contribution >= 4 is 32.4 Å². The number of allylic oxidation sites excluding steroid dienone is 1. The third kappa shape index (κ3) is 1.38. The van der Waals surface area contributed by atoms with E-state index in [1.165, 1.54) is 5.39 Å². The molecule has 2 aromatic rings. The summed E-state index contributed by atoms with van der Waals surface area (Å²) in [5.74, 6) is 0. The number of fused-ring (bicyclic) bond motifs is 1. The van der Waals surface area contributed by atoms with E-state index in [0.717, 1.165) is 22.1 Å². The minimum Gasteiger partial charge on any atom is -0.267 e. The van der Waals surface area contributed by atoms with Gasteiger partial charge < -0.3 is 0 Å². The molecule has 2 nitrogen and oxygen atoms in total. The van der Waals surface area contributed by atoms with Crippen molar-refractivity contribution in [2.45, 2.75) is 0 Å². The number of hydrogen-bond donors (Lipinski definition) is 0. The summed E-state index contributed by atoms with van der Waals surface area (Å²) >= 11 is 3.40. The molecule has 0 saturated carbocycles. The van der Waals surface area contributed by atoms with Crippen molar-refractivity contribution in [1.29, 1.82) is 0 Å². The second-order valence-corrected chi connectivity index (χ2v) is 3.79. The fraction of sp³-hybridized carbons (Fsp3) is 0.182. The molecule has 1 heterocycles. The monoisotopic (exact) mass is 250 g/mol. The quantitative estimate of drug-likeness (QED) is 0.750. The molecule has 0 amide bonds. The number of rotatable bonds is 2. The van der Waals surface area contributed by atoms with Crippen LogP contribution in [0.3, 0.4) is 0 Å². The van der Waals surface area contributed by atoms with Crippen molar-refractivity contribution in [1.82, 2.24) is 9.78 Å². The minimum atomic E-state index is 0.758. The summed E-state index contributed by atoms with van der Waals surface area (Å²) in [6.45, 7) is 3.98. The van der Waals surface area contributed by atoms with Crippen LogP contribution in [0.25, 0.3) is 16.5 Å². The van der Waals surface area contributed by atoms with Crippen LogP contribution in [0, 0.1) is 0 Å². The maximum Gasteiger partial charge on any atom is 0.0964 e. The van der Waals surface area contributed by atoms with Crippen molar-refractivity contribution in [3.8, 4) is 0 Å². The number of aromatic nitrogens is 2. The topological polar surface area (TPSA) is 17.8 Å². The Labute approximate surface area is 91.4 Å². The SMILES string of the molecule is C=C(CBr)c1nn(C)c2ccccc12. The fourth-order valence-corrected chi connectivity index (χ4v) is 1.80. The highest BCUT2D eigenvalue weighted by atomic mass is 79.9. The summed E-state index contributed by atoms with van der Waals surface area (Å²) in [5, 5.41) is 6.37. The maximum absolute atomic E-state index is 4.45. The first kappa shape index (κ1) is 9.46. The van der Waals surface area contributed by atoms with Crippen molar-refractivity contribution in [3.63, 3.8) is 0 Å². The molecule has 0 N–H and O–H groups in total. The molecule has 0 atom stereocenters. The number of alkyl halides is 1. The van der Waals surface area contributed by atoms with E-state index in [-0.39, 0.29) is 0 Å². The molecule has 0 unspecified atom stereocenters. The summed E-state index contributed by atoms with van der Waals surface area (Å²) < 4.78 is 1.89. The van der Waals surface area contributed by atoms with Gasteiger partial charge in [0.05, 0.1) is 11.2 Å². The molecule has 0 fully saturated rings. The standard InChI is InChI=1S/C11H11BrN2/c1-8(7-12)11-9-5-3-4-6-10(9)14(2)13-11/h3-6H,1,7H2,2H3. The van der Waals surface area contributed by atoms with Gasteiger partial charge >= 0.3 is 0 Å². The summed E-state index contributed by atoms with van der Waals surface area (Å²) in [6, 6.07) is 8.18. The first-order valence-corrected chi connectivity index (χ1v) is 5.52. The van der Waals surface area contributed by atoms with Gasteiger partial charge in [0, 0.05) is 17.8 Å². The zero-order valence-corrected chi connectivity index (χ0v) is 9.58. The zero-order chi connectivity index (χ0) is 10.1. The normalized spacial score (nSPS) is 10.7. The lowest BCUT2D eigenvalue weighted by Crippen LogP contribution is -1.91.